The Balaban J connectivity index is 1.63. The Morgan fingerprint density at radius 3 is 2.58 bits per heavy atom. The molecule has 124 valence electrons. The molecule has 0 atom stereocenters. The number of nitrogens with zero attached hydrogens (tertiary/aromatic N) is 4. The number of benzene rings is 1. The smallest absolute Gasteiger partial charge is 0.263 e. The van der Waals surface area contributed by atoms with E-state index in [1.165, 1.54) is 11.9 Å². The van der Waals surface area contributed by atoms with Crippen LogP contribution in [0, 0.1) is 6.92 Å². The van der Waals surface area contributed by atoms with Crippen molar-refractivity contribution in [3.8, 4) is 0 Å². The van der Waals surface area contributed by atoms with Gasteiger partial charge in [0, 0.05) is 20.2 Å². The Morgan fingerprint density at radius 2 is 1.88 bits per heavy atom. The van der Waals surface area contributed by atoms with Gasteiger partial charge in [-0.05, 0) is 25.3 Å². The standard InChI is InChI=1S/C18H20N4O2/c1-13-15-16(19-12-20-17(15)24-21-13)22-10-8-18(23-2,9-11-22)14-6-4-3-5-7-14/h3-7,12H,8-11H2,1-2H3. The maximum atomic E-state index is 5.95. The number of aryl methyl sites for hydroxylation is 1. The Hall–Kier alpha value is -2.47. The number of aromatic nitrogens is 3. The minimum absolute atomic E-state index is 0.229. The largest absolute Gasteiger partial charge is 0.373 e. The quantitative estimate of drug-likeness (QED) is 0.738. The maximum Gasteiger partial charge on any atom is 0.263 e. The first-order valence-corrected chi connectivity index (χ1v) is 8.16. The second-order valence-electron chi connectivity index (χ2n) is 6.20. The van der Waals surface area contributed by atoms with Crippen molar-refractivity contribution in [2.24, 2.45) is 0 Å². The van der Waals surface area contributed by atoms with Crippen LogP contribution in [0.5, 0.6) is 0 Å². The Bertz CT molecular complexity index is 839. The van der Waals surface area contributed by atoms with Crippen LogP contribution in [0.15, 0.2) is 41.2 Å². The topological polar surface area (TPSA) is 64.3 Å². The average Bonchev–Trinajstić information content (AvgIpc) is 3.04. The van der Waals surface area contributed by atoms with E-state index < -0.39 is 0 Å². The summed E-state index contributed by atoms with van der Waals surface area (Å²) < 4.78 is 11.2. The van der Waals surface area contributed by atoms with Gasteiger partial charge in [0.05, 0.1) is 11.3 Å². The zero-order valence-electron chi connectivity index (χ0n) is 13.9. The predicted molar refractivity (Wildman–Crippen MR) is 90.9 cm³/mol. The molecule has 24 heavy (non-hydrogen) atoms. The molecule has 1 aliphatic heterocycles. The predicted octanol–water partition coefficient (Wildman–Crippen LogP) is 3.07. The van der Waals surface area contributed by atoms with Gasteiger partial charge in [0.1, 0.15) is 17.5 Å². The zero-order valence-corrected chi connectivity index (χ0v) is 13.9. The van der Waals surface area contributed by atoms with Crippen LogP contribution >= 0.6 is 0 Å². The van der Waals surface area contributed by atoms with E-state index in [2.05, 4.69) is 44.3 Å². The summed E-state index contributed by atoms with van der Waals surface area (Å²) in [6.45, 7) is 3.64. The third kappa shape index (κ3) is 2.34. The van der Waals surface area contributed by atoms with Gasteiger partial charge in [-0.3, -0.25) is 0 Å². The van der Waals surface area contributed by atoms with Crippen molar-refractivity contribution in [1.29, 1.82) is 0 Å². The Kier molecular flexibility index (Phi) is 3.69. The molecule has 0 saturated carbocycles. The highest BCUT2D eigenvalue weighted by Gasteiger charge is 2.37. The lowest BCUT2D eigenvalue weighted by molar-refractivity contribution is -0.0347. The molecule has 3 aromatic rings. The van der Waals surface area contributed by atoms with Gasteiger partial charge >= 0.3 is 0 Å². The van der Waals surface area contributed by atoms with Crippen molar-refractivity contribution in [3.05, 3.63) is 47.9 Å². The van der Waals surface area contributed by atoms with Crippen molar-refractivity contribution in [2.45, 2.75) is 25.4 Å². The van der Waals surface area contributed by atoms with Crippen LogP contribution in [0.1, 0.15) is 24.1 Å². The van der Waals surface area contributed by atoms with Crippen LogP contribution in [0.2, 0.25) is 0 Å². The number of ether oxygens (including phenoxy) is 1. The summed E-state index contributed by atoms with van der Waals surface area (Å²) in [6, 6.07) is 10.5. The van der Waals surface area contributed by atoms with E-state index in [0.717, 1.165) is 42.8 Å². The van der Waals surface area contributed by atoms with Crippen LogP contribution in [-0.4, -0.2) is 35.3 Å². The van der Waals surface area contributed by atoms with Gasteiger partial charge in [-0.15, -0.1) is 0 Å². The normalized spacial score (nSPS) is 17.3. The van der Waals surface area contributed by atoms with E-state index in [4.69, 9.17) is 9.26 Å². The van der Waals surface area contributed by atoms with Gasteiger partial charge < -0.3 is 14.2 Å². The van der Waals surface area contributed by atoms with E-state index in [-0.39, 0.29) is 5.60 Å². The summed E-state index contributed by atoms with van der Waals surface area (Å²) in [4.78, 5) is 10.9. The minimum Gasteiger partial charge on any atom is -0.373 e. The number of rotatable bonds is 3. The monoisotopic (exact) mass is 324 g/mol. The highest BCUT2D eigenvalue weighted by atomic mass is 16.5. The first-order chi connectivity index (χ1) is 11.7. The minimum atomic E-state index is -0.229. The number of piperidine rings is 1. The van der Waals surface area contributed by atoms with Crippen molar-refractivity contribution in [1.82, 2.24) is 15.1 Å². The van der Waals surface area contributed by atoms with Gasteiger partial charge in [-0.1, -0.05) is 35.5 Å². The molecule has 0 aliphatic carbocycles. The van der Waals surface area contributed by atoms with Gasteiger partial charge in [-0.25, -0.2) is 4.98 Å². The number of hydrogen-bond donors (Lipinski definition) is 0. The zero-order chi connectivity index (χ0) is 16.6. The van der Waals surface area contributed by atoms with Crippen molar-refractivity contribution in [2.75, 3.05) is 25.1 Å². The van der Waals surface area contributed by atoms with E-state index in [0.29, 0.717) is 5.71 Å². The lowest BCUT2D eigenvalue weighted by atomic mass is 9.84. The summed E-state index contributed by atoms with van der Waals surface area (Å²) in [5.41, 5.74) is 2.38. The second kappa shape index (κ2) is 5.87. The number of methoxy groups -OCH3 is 1. The average molecular weight is 324 g/mol. The van der Waals surface area contributed by atoms with Crippen LogP contribution in [0.3, 0.4) is 0 Å². The van der Waals surface area contributed by atoms with E-state index in [1.54, 1.807) is 7.11 Å². The fourth-order valence-corrected chi connectivity index (χ4v) is 3.58. The summed E-state index contributed by atoms with van der Waals surface area (Å²) in [5.74, 6) is 0.900. The molecule has 0 bridgehead atoms. The molecule has 0 radical (unpaired) electrons. The lowest BCUT2D eigenvalue weighted by Gasteiger charge is -2.41. The van der Waals surface area contributed by atoms with Crippen LogP contribution in [-0.2, 0) is 10.3 Å². The first-order valence-electron chi connectivity index (χ1n) is 8.16. The van der Waals surface area contributed by atoms with E-state index in [9.17, 15) is 0 Å². The summed E-state index contributed by atoms with van der Waals surface area (Å²) in [6.07, 6.45) is 3.35. The number of anilines is 1. The molecule has 0 amide bonds. The molecule has 6 heteroatoms. The molecule has 3 heterocycles. The molecule has 0 spiro atoms. The van der Waals surface area contributed by atoms with Crippen molar-refractivity contribution < 1.29 is 9.26 Å². The molecule has 1 aliphatic rings. The SMILES string of the molecule is COC1(c2ccccc2)CCN(c2ncnc3onc(C)c23)CC1. The van der Waals surface area contributed by atoms with Gasteiger partial charge in [0.2, 0.25) is 0 Å². The molecule has 1 fully saturated rings. The van der Waals surface area contributed by atoms with Crippen LogP contribution < -0.4 is 4.90 Å². The molecule has 2 aromatic heterocycles. The molecule has 6 nitrogen and oxygen atoms in total. The fraction of sp³-hybridized carbons (Fsp3) is 0.389. The second-order valence-corrected chi connectivity index (χ2v) is 6.20. The highest BCUT2D eigenvalue weighted by Crippen LogP contribution is 2.38. The highest BCUT2D eigenvalue weighted by molar-refractivity contribution is 5.87. The fourth-order valence-electron chi connectivity index (χ4n) is 3.58. The van der Waals surface area contributed by atoms with Crippen LogP contribution in [0.25, 0.3) is 11.1 Å². The molecule has 4 rings (SSSR count). The summed E-state index contributed by atoms with van der Waals surface area (Å²) >= 11 is 0. The van der Waals surface area contributed by atoms with Gasteiger partial charge in [-0.2, -0.15) is 4.98 Å². The van der Waals surface area contributed by atoms with Crippen molar-refractivity contribution >= 4 is 16.9 Å². The van der Waals surface area contributed by atoms with Gasteiger partial charge in [0.15, 0.2) is 0 Å². The van der Waals surface area contributed by atoms with E-state index in [1.807, 2.05) is 13.0 Å². The molecule has 1 saturated heterocycles. The van der Waals surface area contributed by atoms with Crippen LogP contribution in [0.4, 0.5) is 5.82 Å². The Morgan fingerprint density at radius 1 is 1.12 bits per heavy atom. The molecule has 1 aromatic carbocycles. The molecule has 0 unspecified atom stereocenters. The number of hydrogen-bond acceptors (Lipinski definition) is 6. The first kappa shape index (κ1) is 15.1. The summed E-state index contributed by atoms with van der Waals surface area (Å²) in [7, 11) is 1.80. The number of fused-ring (bicyclic) bond motifs is 1. The van der Waals surface area contributed by atoms with E-state index >= 15 is 0 Å². The Labute approximate surface area is 140 Å². The maximum absolute atomic E-state index is 5.95. The lowest BCUT2D eigenvalue weighted by Crippen LogP contribution is -2.44. The molecular weight excluding hydrogens is 304 g/mol. The van der Waals surface area contributed by atoms with Gasteiger partial charge in [0.25, 0.3) is 5.71 Å². The molecule has 0 N–H and O–H groups in total. The molecular formula is C18H20N4O2. The van der Waals surface area contributed by atoms with Crippen molar-refractivity contribution in [3.63, 3.8) is 0 Å². The third-order valence-corrected chi connectivity index (χ3v) is 4.98. The third-order valence-electron chi connectivity index (χ3n) is 4.98. The summed E-state index contributed by atoms with van der Waals surface area (Å²) in [5, 5.41) is 4.92.